The van der Waals surface area contributed by atoms with Gasteiger partial charge in [-0.25, -0.2) is 0 Å². The van der Waals surface area contributed by atoms with E-state index in [4.69, 9.17) is 0 Å². The molecule has 0 fully saturated rings. The molecule has 0 saturated heterocycles. The molecule has 1 aromatic rings. The largest absolute Gasteiger partial charge is 0.344 e. The molecule has 0 aromatic heterocycles. The highest BCUT2D eigenvalue weighted by Crippen LogP contribution is 2.23. The summed E-state index contributed by atoms with van der Waals surface area (Å²) in [6, 6.07) is 10.5. The summed E-state index contributed by atoms with van der Waals surface area (Å²) in [6.07, 6.45) is 10.5. The van der Waals surface area contributed by atoms with Gasteiger partial charge in [-0.15, -0.1) is 0 Å². The minimum Gasteiger partial charge on any atom is -0.344 e. The van der Waals surface area contributed by atoms with Crippen molar-refractivity contribution in [3.8, 4) is 0 Å². The van der Waals surface area contributed by atoms with E-state index in [0.29, 0.717) is 5.92 Å². The van der Waals surface area contributed by atoms with Gasteiger partial charge in [-0.05, 0) is 37.2 Å². The Bertz CT molecular complexity index is 372. The monoisotopic (exact) mass is 228 g/mol. The van der Waals surface area contributed by atoms with Crippen molar-refractivity contribution in [2.24, 2.45) is 5.92 Å². The minimum atomic E-state index is 0.208. The quantitative estimate of drug-likeness (QED) is 0.609. The van der Waals surface area contributed by atoms with Crippen molar-refractivity contribution >= 4 is 6.41 Å². The Morgan fingerprint density at radius 2 is 2.12 bits per heavy atom. The lowest BCUT2D eigenvalue weighted by molar-refractivity contribution is 0.354. The fraction of sp³-hybridized carbons (Fsp3) is 0.400. The topological polar surface area (TPSA) is 29.1 Å². The van der Waals surface area contributed by atoms with Gasteiger partial charge in [0, 0.05) is 6.04 Å². The summed E-state index contributed by atoms with van der Waals surface area (Å²) in [4.78, 5) is 10.6. The van der Waals surface area contributed by atoms with E-state index in [1.807, 2.05) is 24.6 Å². The first-order valence-electron chi connectivity index (χ1n) is 6.21. The first kappa shape index (κ1) is 11.9. The highest BCUT2D eigenvalue weighted by atomic mass is 16.1. The molecule has 2 nitrogen and oxygen atoms in total. The molecule has 1 radical (unpaired) electrons. The molecular weight excluding hydrogens is 210 g/mol. The molecule has 0 heterocycles. The maximum Gasteiger partial charge on any atom is 0.309 e. The zero-order valence-electron chi connectivity index (χ0n) is 9.93. The summed E-state index contributed by atoms with van der Waals surface area (Å²) in [5, 5.41) is 2.86. The number of rotatable bonds is 5. The molecule has 1 aliphatic rings. The van der Waals surface area contributed by atoms with Crippen LogP contribution in [0.2, 0.25) is 0 Å². The summed E-state index contributed by atoms with van der Waals surface area (Å²) in [5.74, 6) is 0.543. The molecule has 1 N–H and O–H groups in total. The normalized spacial score (nSPS) is 20.8. The molecule has 1 aliphatic carbocycles. The van der Waals surface area contributed by atoms with Gasteiger partial charge in [0.15, 0.2) is 0 Å². The van der Waals surface area contributed by atoms with Gasteiger partial charge in [0.1, 0.15) is 0 Å². The molecular formula is C15H18NO. The molecule has 0 aliphatic heterocycles. The molecule has 0 saturated carbocycles. The van der Waals surface area contributed by atoms with Gasteiger partial charge in [-0.1, -0.05) is 42.5 Å². The second-order valence-electron chi connectivity index (χ2n) is 4.59. The summed E-state index contributed by atoms with van der Waals surface area (Å²) < 4.78 is 0. The summed E-state index contributed by atoms with van der Waals surface area (Å²) >= 11 is 0. The standard InChI is InChI=1S/C15H18NO/c17-12-16-15(14-9-5-2-6-10-14)11-13-7-3-1-4-8-13/h1-5,7-8,14-15H,6,9-11H2,(H,16,17). The number of hydrogen-bond donors (Lipinski definition) is 1. The fourth-order valence-corrected chi connectivity index (χ4v) is 2.46. The third-order valence-corrected chi connectivity index (χ3v) is 3.42. The van der Waals surface area contributed by atoms with Crippen LogP contribution in [0.15, 0.2) is 42.5 Å². The maximum absolute atomic E-state index is 10.6. The van der Waals surface area contributed by atoms with Crippen molar-refractivity contribution in [3.63, 3.8) is 0 Å². The predicted molar refractivity (Wildman–Crippen MR) is 69.2 cm³/mol. The predicted octanol–water partition coefficient (Wildman–Crippen LogP) is 2.61. The van der Waals surface area contributed by atoms with Gasteiger partial charge >= 0.3 is 6.41 Å². The molecule has 2 atom stereocenters. The van der Waals surface area contributed by atoms with Crippen LogP contribution >= 0.6 is 0 Å². The highest BCUT2D eigenvalue weighted by Gasteiger charge is 2.21. The van der Waals surface area contributed by atoms with Gasteiger partial charge < -0.3 is 5.32 Å². The number of hydrogen-bond acceptors (Lipinski definition) is 1. The molecule has 2 rings (SSSR count). The van der Waals surface area contributed by atoms with Crippen LogP contribution in [0, 0.1) is 5.92 Å². The smallest absolute Gasteiger partial charge is 0.309 e. The van der Waals surface area contributed by atoms with E-state index in [0.717, 1.165) is 25.7 Å². The molecule has 0 spiro atoms. The Balaban J connectivity index is 2.01. The van der Waals surface area contributed by atoms with Crippen LogP contribution in [0.3, 0.4) is 0 Å². The Morgan fingerprint density at radius 1 is 1.29 bits per heavy atom. The zero-order valence-corrected chi connectivity index (χ0v) is 9.93. The van der Waals surface area contributed by atoms with E-state index in [9.17, 15) is 4.79 Å². The van der Waals surface area contributed by atoms with Crippen molar-refractivity contribution in [3.05, 3.63) is 48.0 Å². The lowest BCUT2D eigenvalue weighted by Crippen LogP contribution is -2.37. The van der Waals surface area contributed by atoms with E-state index < -0.39 is 0 Å². The number of nitrogens with one attached hydrogen (secondary N) is 1. The van der Waals surface area contributed by atoms with Gasteiger partial charge in [-0.3, -0.25) is 4.79 Å². The Hall–Kier alpha value is -1.57. The molecule has 89 valence electrons. The fourth-order valence-electron chi connectivity index (χ4n) is 2.46. The van der Waals surface area contributed by atoms with E-state index in [1.54, 1.807) is 0 Å². The van der Waals surface area contributed by atoms with Crippen molar-refractivity contribution in [1.29, 1.82) is 0 Å². The summed E-state index contributed by atoms with van der Waals surface area (Å²) in [7, 11) is 0. The second-order valence-corrected chi connectivity index (χ2v) is 4.59. The zero-order chi connectivity index (χ0) is 11.9. The molecule has 2 heteroatoms. The molecule has 1 amide bonds. The third kappa shape index (κ3) is 3.45. The van der Waals surface area contributed by atoms with Crippen LogP contribution in [0.1, 0.15) is 24.8 Å². The van der Waals surface area contributed by atoms with E-state index in [1.165, 1.54) is 5.56 Å². The SMILES string of the molecule is O=[C]NC(Cc1ccccc1)C1CC=CCC1. The van der Waals surface area contributed by atoms with Crippen LogP contribution in [-0.2, 0) is 11.2 Å². The first-order chi connectivity index (χ1) is 8.40. The average Bonchev–Trinajstić information content (AvgIpc) is 2.40. The minimum absolute atomic E-state index is 0.208. The van der Waals surface area contributed by atoms with Crippen LogP contribution in [0.5, 0.6) is 0 Å². The molecule has 2 unspecified atom stereocenters. The molecule has 17 heavy (non-hydrogen) atoms. The first-order valence-corrected chi connectivity index (χ1v) is 6.21. The second kappa shape index (κ2) is 6.24. The summed E-state index contributed by atoms with van der Waals surface area (Å²) in [5.41, 5.74) is 1.27. The van der Waals surface area contributed by atoms with Crippen molar-refractivity contribution in [2.75, 3.05) is 0 Å². The average molecular weight is 228 g/mol. The summed E-state index contributed by atoms with van der Waals surface area (Å²) in [6.45, 7) is 0. The molecule has 1 aromatic carbocycles. The van der Waals surface area contributed by atoms with Crippen molar-refractivity contribution in [2.45, 2.75) is 31.7 Å². The van der Waals surface area contributed by atoms with Crippen molar-refractivity contribution < 1.29 is 4.79 Å². The van der Waals surface area contributed by atoms with Crippen LogP contribution in [0.4, 0.5) is 0 Å². The number of carbonyl (C=O) groups excluding carboxylic acids is 1. The van der Waals surface area contributed by atoms with E-state index in [-0.39, 0.29) is 6.04 Å². The lowest BCUT2D eigenvalue weighted by Gasteiger charge is -2.27. The van der Waals surface area contributed by atoms with Gasteiger partial charge in [-0.2, -0.15) is 0 Å². The van der Waals surface area contributed by atoms with Crippen molar-refractivity contribution in [1.82, 2.24) is 5.32 Å². The highest BCUT2D eigenvalue weighted by molar-refractivity contribution is 5.48. The van der Waals surface area contributed by atoms with Gasteiger partial charge in [0.05, 0.1) is 0 Å². The maximum atomic E-state index is 10.6. The van der Waals surface area contributed by atoms with Gasteiger partial charge in [0.2, 0.25) is 0 Å². The number of amides is 1. The Morgan fingerprint density at radius 3 is 2.76 bits per heavy atom. The van der Waals surface area contributed by atoms with Crippen LogP contribution in [-0.4, -0.2) is 12.5 Å². The third-order valence-electron chi connectivity index (χ3n) is 3.42. The van der Waals surface area contributed by atoms with E-state index in [2.05, 4.69) is 29.6 Å². The number of benzene rings is 1. The van der Waals surface area contributed by atoms with Crippen LogP contribution in [0.25, 0.3) is 0 Å². The Labute approximate surface area is 103 Å². The lowest BCUT2D eigenvalue weighted by atomic mass is 9.85. The Kier molecular flexibility index (Phi) is 4.37. The van der Waals surface area contributed by atoms with Gasteiger partial charge in [0.25, 0.3) is 0 Å². The van der Waals surface area contributed by atoms with E-state index >= 15 is 0 Å². The molecule has 0 bridgehead atoms. The van der Waals surface area contributed by atoms with Crippen LogP contribution < -0.4 is 5.32 Å². The number of allylic oxidation sites excluding steroid dienone is 2.